The third-order valence-electron chi connectivity index (χ3n) is 5.20. The van der Waals surface area contributed by atoms with Gasteiger partial charge in [-0.1, -0.05) is 30.0 Å². The minimum absolute atomic E-state index is 0.196. The van der Waals surface area contributed by atoms with E-state index in [-0.39, 0.29) is 18.0 Å². The normalized spacial score (nSPS) is 18.3. The number of hydrogen-bond donors (Lipinski definition) is 0. The molecule has 0 spiro atoms. The fourth-order valence-electron chi connectivity index (χ4n) is 3.71. The first-order valence-corrected chi connectivity index (χ1v) is 10.9. The maximum absolute atomic E-state index is 13.3. The first-order valence-electron chi connectivity index (χ1n) is 9.66. The van der Waals surface area contributed by atoms with Gasteiger partial charge in [0.05, 0.1) is 23.3 Å². The van der Waals surface area contributed by atoms with E-state index in [9.17, 15) is 9.59 Å². The molecule has 5 rings (SSSR count). The number of anilines is 1. The van der Waals surface area contributed by atoms with Crippen molar-refractivity contribution in [3.63, 3.8) is 0 Å². The van der Waals surface area contributed by atoms with Crippen LogP contribution in [0, 0.1) is 0 Å². The standard InChI is InChI=1S/C21H18N4O3S2/c26-19-15(12-16-20(27)25(21(29)30-16)13-14-6-5-11-28-14)18(23-8-3-4-9-23)22-17-7-1-2-10-24(17)19/h1-2,5-7,10-12H,3-4,8-9,13H2. The minimum atomic E-state index is -0.230. The predicted molar refractivity (Wildman–Crippen MR) is 120 cm³/mol. The van der Waals surface area contributed by atoms with Gasteiger partial charge < -0.3 is 9.32 Å². The summed E-state index contributed by atoms with van der Waals surface area (Å²) in [5, 5.41) is 0. The number of aromatic nitrogens is 2. The summed E-state index contributed by atoms with van der Waals surface area (Å²) in [6.07, 6.45) is 7.01. The van der Waals surface area contributed by atoms with Gasteiger partial charge in [-0.3, -0.25) is 18.9 Å². The second kappa shape index (κ2) is 7.73. The van der Waals surface area contributed by atoms with Gasteiger partial charge in [-0.2, -0.15) is 0 Å². The number of thioether (sulfide) groups is 1. The molecule has 2 aliphatic rings. The van der Waals surface area contributed by atoms with Crippen LogP contribution in [-0.4, -0.2) is 37.6 Å². The molecule has 1 amide bonds. The van der Waals surface area contributed by atoms with E-state index in [0.29, 0.717) is 32.0 Å². The van der Waals surface area contributed by atoms with Gasteiger partial charge >= 0.3 is 0 Å². The van der Waals surface area contributed by atoms with Crippen LogP contribution < -0.4 is 10.5 Å². The predicted octanol–water partition coefficient (Wildman–Crippen LogP) is 3.29. The highest BCUT2D eigenvalue weighted by Gasteiger charge is 2.33. The van der Waals surface area contributed by atoms with Crippen molar-refractivity contribution in [1.82, 2.24) is 14.3 Å². The third-order valence-corrected chi connectivity index (χ3v) is 6.58. The summed E-state index contributed by atoms with van der Waals surface area (Å²) in [6, 6.07) is 9.03. The Bertz CT molecular complexity index is 1230. The van der Waals surface area contributed by atoms with Gasteiger partial charge in [0.25, 0.3) is 11.5 Å². The summed E-state index contributed by atoms with van der Waals surface area (Å²) in [7, 11) is 0. The summed E-state index contributed by atoms with van der Waals surface area (Å²) in [5.41, 5.74) is 0.810. The molecule has 30 heavy (non-hydrogen) atoms. The molecule has 3 aromatic rings. The molecule has 2 fully saturated rings. The van der Waals surface area contributed by atoms with Gasteiger partial charge in [-0.05, 0) is 43.2 Å². The van der Waals surface area contributed by atoms with Gasteiger partial charge in [0, 0.05) is 19.3 Å². The Labute approximate surface area is 182 Å². The molecule has 0 radical (unpaired) electrons. The summed E-state index contributed by atoms with van der Waals surface area (Å²) in [4.78, 5) is 35.1. The lowest BCUT2D eigenvalue weighted by atomic mass is 10.2. The average molecular weight is 439 g/mol. The molecule has 0 atom stereocenters. The molecule has 0 bridgehead atoms. The zero-order chi connectivity index (χ0) is 20.7. The van der Waals surface area contributed by atoms with Crippen molar-refractivity contribution >= 4 is 51.7 Å². The molecule has 5 heterocycles. The van der Waals surface area contributed by atoms with Crippen LogP contribution in [0.3, 0.4) is 0 Å². The lowest BCUT2D eigenvalue weighted by molar-refractivity contribution is -0.122. The number of carbonyl (C=O) groups is 1. The van der Waals surface area contributed by atoms with E-state index in [1.807, 2.05) is 12.1 Å². The first kappa shape index (κ1) is 19.1. The van der Waals surface area contributed by atoms with Crippen LogP contribution in [0.1, 0.15) is 24.2 Å². The Morgan fingerprint density at radius 3 is 2.77 bits per heavy atom. The third kappa shape index (κ3) is 3.33. The maximum atomic E-state index is 13.3. The quantitative estimate of drug-likeness (QED) is 0.457. The van der Waals surface area contributed by atoms with Crippen LogP contribution in [-0.2, 0) is 11.3 Å². The van der Waals surface area contributed by atoms with Gasteiger partial charge in [0.1, 0.15) is 21.5 Å². The second-order valence-electron chi connectivity index (χ2n) is 7.12. The largest absolute Gasteiger partial charge is 0.467 e. The van der Waals surface area contributed by atoms with Crippen molar-refractivity contribution in [2.45, 2.75) is 19.4 Å². The van der Waals surface area contributed by atoms with Crippen molar-refractivity contribution in [2.24, 2.45) is 0 Å². The van der Waals surface area contributed by atoms with E-state index < -0.39 is 0 Å². The van der Waals surface area contributed by atoms with E-state index in [4.69, 9.17) is 21.6 Å². The SMILES string of the molecule is O=C1C(=Cc2c(N3CCCC3)nc3ccccn3c2=O)SC(=S)N1Cc1ccco1. The van der Waals surface area contributed by atoms with Crippen molar-refractivity contribution < 1.29 is 9.21 Å². The molecule has 0 aromatic carbocycles. The van der Waals surface area contributed by atoms with Crippen molar-refractivity contribution in [1.29, 1.82) is 0 Å². The Balaban J connectivity index is 1.58. The molecule has 2 aliphatic heterocycles. The highest BCUT2D eigenvalue weighted by molar-refractivity contribution is 8.26. The van der Waals surface area contributed by atoms with Crippen molar-refractivity contribution in [2.75, 3.05) is 18.0 Å². The topological polar surface area (TPSA) is 71.1 Å². The van der Waals surface area contributed by atoms with Crippen LogP contribution in [0.5, 0.6) is 0 Å². The van der Waals surface area contributed by atoms with Crippen LogP contribution in [0.15, 0.2) is 56.9 Å². The maximum Gasteiger partial charge on any atom is 0.267 e. The van der Waals surface area contributed by atoms with Crippen LogP contribution in [0.2, 0.25) is 0 Å². The molecule has 2 saturated heterocycles. The lowest BCUT2D eigenvalue weighted by Crippen LogP contribution is -2.28. The number of thiocarbonyl (C=S) groups is 1. The highest BCUT2D eigenvalue weighted by atomic mass is 32.2. The number of carbonyl (C=O) groups excluding carboxylic acids is 1. The number of pyridine rings is 1. The van der Waals surface area contributed by atoms with Gasteiger partial charge in [-0.25, -0.2) is 4.98 Å². The Morgan fingerprint density at radius 1 is 1.17 bits per heavy atom. The van der Waals surface area contributed by atoms with Gasteiger partial charge in [0.2, 0.25) is 0 Å². The average Bonchev–Trinajstić information content (AvgIpc) is 3.50. The van der Waals surface area contributed by atoms with E-state index in [2.05, 4.69) is 4.90 Å². The molecule has 0 N–H and O–H groups in total. The molecule has 7 nitrogen and oxygen atoms in total. The molecule has 0 unspecified atom stereocenters. The second-order valence-corrected chi connectivity index (χ2v) is 8.80. The number of furan rings is 1. The zero-order valence-corrected chi connectivity index (χ0v) is 17.6. The summed E-state index contributed by atoms with van der Waals surface area (Å²) >= 11 is 6.61. The highest BCUT2D eigenvalue weighted by Crippen LogP contribution is 2.34. The monoisotopic (exact) mass is 438 g/mol. The van der Waals surface area contributed by atoms with Crippen LogP contribution in [0.4, 0.5) is 5.82 Å². The summed E-state index contributed by atoms with van der Waals surface area (Å²) in [5.74, 6) is 1.05. The molecule has 0 aliphatic carbocycles. The Morgan fingerprint density at radius 2 is 2.00 bits per heavy atom. The molecular weight excluding hydrogens is 420 g/mol. The molecular formula is C21H18N4O3S2. The molecule has 152 valence electrons. The number of fused-ring (bicyclic) bond motifs is 1. The van der Waals surface area contributed by atoms with Gasteiger partial charge in [0.15, 0.2) is 0 Å². The molecule has 9 heteroatoms. The number of hydrogen-bond acceptors (Lipinski definition) is 7. The van der Waals surface area contributed by atoms with E-state index in [1.165, 1.54) is 21.1 Å². The fraction of sp³-hybridized carbons (Fsp3) is 0.238. The minimum Gasteiger partial charge on any atom is -0.467 e. The Kier molecular flexibility index (Phi) is 4.92. The zero-order valence-electron chi connectivity index (χ0n) is 16.0. The van der Waals surface area contributed by atoms with Crippen molar-refractivity contribution in [3.05, 3.63) is 69.4 Å². The first-order chi connectivity index (χ1) is 14.6. The number of nitrogens with zero attached hydrogens (tertiary/aromatic N) is 4. The van der Waals surface area contributed by atoms with E-state index in [1.54, 1.807) is 36.7 Å². The summed E-state index contributed by atoms with van der Waals surface area (Å²) < 4.78 is 7.30. The van der Waals surface area contributed by atoms with Crippen LogP contribution in [0.25, 0.3) is 11.7 Å². The van der Waals surface area contributed by atoms with E-state index >= 15 is 0 Å². The Hall–Kier alpha value is -2.91. The van der Waals surface area contributed by atoms with E-state index in [0.717, 1.165) is 25.9 Å². The van der Waals surface area contributed by atoms with Crippen LogP contribution >= 0.6 is 24.0 Å². The summed E-state index contributed by atoms with van der Waals surface area (Å²) in [6.45, 7) is 1.95. The van der Waals surface area contributed by atoms with Gasteiger partial charge in [-0.15, -0.1) is 0 Å². The molecule has 0 saturated carbocycles. The number of amides is 1. The lowest BCUT2D eigenvalue weighted by Gasteiger charge is -2.19. The number of rotatable bonds is 4. The fourth-order valence-corrected chi connectivity index (χ4v) is 4.95. The van der Waals surface area contributed by atoms with Crippen molar-refractivity contribution in [3.8, 4) is 0 Å². The smallest absolute Gasteiger partial charge is 0.267 e. The molecule has 3 aromatic heterocycles.